The highest BCUT2D eigenvalue weighted by Crippen LogP contribution is 2.15. The second kappa shape index (κ2) is 8.93. The summed E-state index contributed by atoms with van der Waals surface area (Å²) in [6.45, 7) is 6.42. The Morgan fingerprint density at radius 1 is 1.35 bits per heavy atom. The molecule has 0 aliphatic carbocycles. The van der Waals surface area contributed by atoms with E-state index in [1.807, 2.05) is 14.0 Å². The Kier molecular flexibility index (Phi) is 6.92. The van der Waals surface area contributed by atoms with Crippen LogP contribution in [0, 0.1) is 6.92 Å². The van der Waals surface area contributed by atoms with Crippen molar-refractivity contribution in [3.8, 4) is 0 Å². The van der Waals surface area contributed by atoms with Crippen LogP contribution in [-0.2, 0) is 13.1 Å². The molecule has 0 aliphatic rings. The van der Waals surface area contributed by atoms with Crippen molar-refractivity contribution in [3.63, 3.8) is 0 Å². The lowest BCUT2D eigenvalue weighted by Crippen LogP contribution is -2.38. The number of aliphatic imine (C=N–C) groups is 1. The summed E-state index contributed by atoms with van der Waals surface area (Å²) in [7, 11) is 2.05. The number of nitrogens with zero attached hydrogens (tertiary/aromatic N) is 3. The van der Waals surface area contributed by atoms with Gasteiger partial charge in [0.15, 0.2) is 5.96 Å². The fourth-order valence-corrected chi connectivity index (χ4v) is 3.18. The maximum atomic E-state index is 4.74. The first kappa shape index (κ1) is 17.8. The third-order valence-electron chi connectivity index (χ3n) is 3.33. The maximum Gasteiger partial charge on any atom is 0.194 e. The Balaban J connectivity index is 2.02. The zero-order chi connectivity index (χ0) is 16.7. The lowest BCUT2D eigenvalue weighted by molar-refractivity contribution is 0.471. The minimum absolute atomic E-state index is 0.678. The number of thiazole rings is 1. The van der Waals surface area contributed by atoms with Crippen molar-refractivity contribution < 1.29 is 0 Å². The van der Waals surface area contributed by atoms with Gasteiger partial charge in [0.05, 0.1) is 23.8 Å². The van der Waals surface area contributed by atoms with Gasteiger partial charge in [0.2, 0.25) is 0 Å². The number of aryl methyl sites for hydroxylation is 1. The molecule has 0 aliphatic heterocycles. The molecule has 1 N–H and O–H groups in total. The van der Waals surface area contributed by atoms with Gasteiger partial charge < -0.3 is 10.2 Å². The maximum absolute atomic E-state index is 4.74. The van der Waals surface area contributed by atoms with Crippen molar-refractivity contribution in [1.82, 2.24) is 15.2 Å². The van der Waals surface area contributed by atoms with E-state index in [4.69, 9.17) is 4.99 Å². The third-order valence-corrected chi connectivity index (χ3v) is 4.90. The number of benzene rings is 1. The summed E-state index contributed by atoms with van der Waals surface area (Å²) >= 11 is 3.44. The van der Waals surface area contributed by atoms with E-state index in [0.29, 0.717) is 6.54 Å². The van der Waals surface area contributed by atoms with Crippen molar-refractivity contribution >= 4 is 29.1 Å². The van der Waals surface area contributed by atoms with Gasteiger partial charge in [-0.3, -0.25) is 0 Å². The van der Waals surface area contributed by atoms with Crippen molar-refractivity contribution in [2.24, 2.45) is 4.99 Å². The largest absolute Gasteiger partial charge is 0.357 e. The zero-order valence-electron chi connectivity index (χ0n) is 14.2. The number of rotatable bonds is 6. The van der Waals surface area contributed by atoms with E-state index >= 15 is 0 Å². The van der Waals surface area contributed by atoms with Crippen LogP contribution < -0.4 is 5.32 Å². The quantitative estimate of drug-likeness (QED) is 0.490. The summed E-state index contributed by atoms with van der Waals surface area (Å²) in [4.78, 5) is 12.7. The molecule has 1 aromatic heterocycles. The van der Waals surface area contributed by atoms with Gasteiger partial charge in [-0.15, -0.1) is 23.1 Å². The lowest BCUT2D eigenvalue weighted by atomic mass is 10.2. The minimum atomic E-state index is 0.678. The normalized spacial score (nSPS) is 11.6. The standard InChI is InChI=1S/C17H24N4S2/c1-5-18-17(21(3)11-15-12-23-13(2)20-15)19-10-14-6-8-16(22-4)9-7-14/h6-9,12H,5,10-11H2,1-4H3,(H,18,19). The first-order valence-corrected chi connectivity index (χ1v) is 9.76. The summed E-state index contributed by atoms with van der Waals surface area (Å²) in [5, 5.41) is 6.56. The van der Waals surface area contributed by atoms with Crippen LogP contribution >= 0.6 is 23.1 Å². The predicted octanol–water partition coefficient (Wildman–Crippen LogP) is 3.77. The van der Waals surface area contributed by atoms with E-state index in [-0.39, 0.29) is 0 Å². The molecule has 0 fully saturated rings. The van der Waals surface area contributed by atoms with Gasteiger partial charge in [0, 0.05) is 23.9 Å². The van der Waals surface area contributed by atoms with Gasteiger partial charge in [0.25, 0.3) is 0 Å². The van der Waals surface area contributed by atoms with Crippen molar-refractivity contribution in [3.05, 3.63) is 45.9 Å². The SMILES string of the molecule is CCNC(=NCc1ccc(SC)cc1)N(C)Cc1csc(C)n1. The molecule has 2 rings (SSSR count). The molecular weight excluding hydrogens is 324 g/mol. The molecule has 1 aromatic carbocycles. The van der Waals surface area contributed by atoms with Crippen LogP contribution in [0.4, 0.5) is 0 Å². The van der Waals surface area contributed by atoms with Crippen LogP contribution in [-0.4, -0.2) is 35.7 Å². The van der Waals surface area contributed by atoms with Crippen LogP contribution in [0.25, 0.3) is 0 Å². The van der Waals surface area contributed by atoms with Crippen LogP contribution in [0.3, 0.4) is 0 Å². The van der Waals surface area contributed by atoms with E-state index < -0.39 is 0 Å². The highest BCUT2D eigenvalue weighted by molar-refractivity contribution is 7.98. The van der Waals surface area contributed by atoms with Gasteiger partial charge in [-0.25, -0.2) is 9.98 Å². The molecule has 0 atom stereocenters. The Labute approximate surface area is 147 Å². The van der Waals surface area contributed by atoms with E-state index in [1.165, 1.54) is 10.5 Å². The molecule has 0 radical (unpaired) electrons. The molecule has 0 spiro atoms. The predicted molar refractivity (Wildman–Crippen MR) is 101 cm³/mol. The van der Waals surface area contributed by atoms with Crippen LogP contribution in [0.1, 0.15) is 23.2 Å². The summed E-state index contributed by atoms with van der Waals surface area (Å²) < 4.78 is 0. The second-order valence-electron chi connectivity index (χ2n) is 5.23. The topological polar surface area (TPSA) is 40.5 Å². The first-order chi connectivity index (χ1) is 11.1. The highest BCUT2D eigenvalue weighted by atomic mass is 32.2. The first-order valence-electron chi connectivity index (χ1n) is 7.65. The average Bonchev–Trinajstić information content (AvgIpc) is 2.96. The van der Waals surface area contributed by atoms with Gasteiger partial charge in [-0.2, -0.15) is 0 Å². The van der Waals surface area contributed by atoms with Gasteiger partial charge in [-0.1, -0.05) is 12.1 Å². The summed E-state index contributed by atoms with van der Waals surface area (Å²) in [5.74, 6) is 0.909. The number of thioether (sulfide) groups is 1. The Morgan fingerprint density at radius 3 is 2.65 bits per heavy atom. The Hall–Kier alpha value is -1.53. The van der Waals surface area contributed by atoms with Crippen molar-refractivity contribution in [1.29, 1.82) is 0 Å². The van der Waals surface area contributed by atoms with Gasteiger partial charge in [0.1, 0.15) is 0 Å². The van der Waals surface area contributed by atoms with Crippen molar-refractivity contribution in [2.45, 2.75) is 31.8 Å². The number of hydrogen-bond donors (Lipinski definition) is 1. The molecular formula is C17H24N4S2. The smallest absolute Gasteiger partial charge is 0.194 e. The molecule has 1 heterocycles. The van der Waals surface area contributed by atoms with Crippen LogP contribution in [0.2, 0.25) is 0 Å². The van der Waals surface area contributed by atoms with E-state index in [2.05, 4.69) is 58.0 Å². The molecule has 0 bridgehead atoms. The molecule has 0 amide bonds. The highest BCUT2D eigenvalue weighted by Gasteiger charge is 2.08. The lowest BCUT2D eigenvalue weighted by Gasteiger charge is -2.21. The fraction of sp³-hybridized carbons (Fsp3) is 0.412. The van der Waals surface area contributed by atoms with Crippen molar-refractivity contribution in [2.75, 3.05) is 19.8 Å². The van der Waals surface area contributed by atoms with E-state index in [9.17, 15) is 0 Å². The van der Waals surface area contributed by atoms with Gasteiger partial charge >= 0.3 is 0 Å². The number of guanidine groups is 1. The van der Waals surface area contributed by atoms with Crippen LogP contribution in [0.5, 0.6) is 0 Å². The Morgan fingerprint density at radius 2 is 2.09 bits per heavy atom. The van der Waals surface area contributed by atoms with E-state index in [1.54, 1.807) is 23.1 Å². The molecule has 23 heavy (non-hydrogen) atoms. The molecule has 0 saturated heterocycles. The molecule has 2 aromatic rings. The van der Waals surface area contributed by atoms with E-state index in [0.717, 1.165) is 29.8 Å². The molecule has 0 unspecified atom stereocenters. The molecule has 4 nitrogen and oxygen atoms in total. The second-order valence-corrected chi connectivity index (χ2v) is 7.17. The summed E-state index contributed by atoms with van der Waals surface area (Å²) in [6.07, 6.45) is 2.09. The van der Waals surface area contributed by atoms with Crippen LogP contribution in [0.15, 0.2) is 39.5 Å². The fourth-order valence-electron chi connectivity index (χ4n) is 2.17. The zero-order valence-corrected chi connectivity index (χ0v) is 15.8. The number of hydrogen-bond acceptors (Lipinski definition) is 4. The van der Waals surface area contributed by atoms with Gasteiger partial charge in [-0.05, 0) is 37.8 Å². The molecule has 124 valence electrons. The molecule has 6 heteroatoms. The molecule has 0 saturated carbocycles. The number of nitrogens with one attached hydrogen (secondary N) is 1. The third kappa shape index (κ3) is 5.55. The Bertz CT molecular complexity index is 634. The minimum Gasteiger partial charge on any atom is -0.357 e. The summed E-state index contributed by atoms with van der Waals surface area (Å²) in [6, 6.07) is 8.57. The summed E-state index contributed by atoms with van der Waals surface area (Å²) in [5.41, 5.74) is 2.31. The monoisotopic (exact) mass is 348 g/mol. The number of aromatic nitrogens is 1. The average molecular weight is 349 g/mol.